The van der Waals surface area contributed by atoms with Crippen molar-refractivity contribution in [2.75, 3.05) is 13.6 Å². The van der Waals surface area contributed by atoms with Gasteiger partial charge >= 0.3 is 0 Å². The van der Waals surface area contributed by atoms with Crippen LogP contribution < -0.4 is 10.6 Å². The fraction of sp³-hybridized carbons (Fsp3) is 0.900. The molecule has 0 aromatic carbocycles. The van der Waals surface area contributed by atoms with Gasteiger partial charge in [-0.3, -0.25) is 4.79 Å². The summed E-state index contributed by atoms with van der Waals surface area (Å²) in [5.41, 5.74) is 0. The predicted octanol–water partition coefficient (Wildman–Crippen LogP) is 0.901. The van der Waals surface area contributed by atoms with E-state index in [9.17, 15) is 4.79 Å². The molecule has 1 unspecified atom stereocenters. The van der Waals surface area contributed by atoms with Crippen LogP contribution in [0.1, 0.15) is 32.6 Å². The molecule has 0 aromatic heterocycles. The first-order valence-corrected chi connectivity index (χ1v) is 5.18. The van der Waals surface area contributed by atoms with E-state index in [0.29, 0.717) is 12.5 Å². The van der Waals surface area contributed by atoms with Crippen LogP contribution in [0.25, 0.3) is 0 Å². The predicted molar refractivity (Wildman–Crippen MR) is 53.5 cm³/mol. The van der Waals surface area contributed by atoms with Gasteiger partial charge in [0.1, 0.15) is 0 Å². The van der Waals surface area contributed by atoms with Crippen LogP contribution in [0.2, 0.25) is 0 Å². The lowest BCUT2D eigenvalue weighted by Crippen LogP contribution is -2.34. The first-order valence-electron chi connectivity index (χ1n) is 5.18. The van der Waals surface area contributed by atoms with E-state index >= 15 is 0 Å². The van der Waals surface area contributed by atoms with Gasteiger partial charge in [-0.2, -0.15) is 0 Å². The lowest BCUT2D eigenvalue weighted by molar-refractivity contribution is -0.121. The monoisotopic (exact) mass is 184 g/mol. The zero-order valence-corrected chi connectivity index (χ0v) is 8.60. The summed E-state index contributed by atoms with van der Waals surface area (Å²) >= 11 is 0. The third-order valence-electron chi connectivity index (χ3n) is 2.55. The molecule has 0 radical (unpaired) electrons. The third kappa shape index (κ3) is 4.27. The van der Waals surface area contributed by atoms with Crippen LogP contribution in [0.5, 0.6) is 0 Å². The number of amides is 1. The smallest absolute Gasteiger partial charge is 0.220 e. The lowest BCUT2D eigenvalue weighted by atomic mass is 10.2. The quantitative estimate of drug-likeness (QED) is 0.602. The molecule has 1 fully saturated rings. The number of hydrogen-bond acceptors (Lipinski definition) is 2. The number of nitrogens with one attached hydrogen (secondary N) is 2. The third-order valence-corrected chi connectivity index (χ3v) is 2.55. The highest BCUT2D eigenvalue weighted by atomic mass is 16.1. The Kier molecular flexibility index (Phi) is 4.22. The Balaban J connectivity index is 2.02. The topological polar surface area (TPSA) is 41.1 Å². The molecule has 76 valence electrons. The van der Waals surface area contributed by atoms with E-state index in [1.54, 1.807) is 0 Å². The minimum Gasteiger partial charge on any atom is -0.353 e. The average Bonchev–Trinajstić information content (AvgIpc) is 2.86. The summed E-state index contributed by atoms with van der Waals surface area (Å²) in [4.78, 5) is 11.3. The summed E-state index contributed by atoms with van der Waals surface area (Å²) in [6.07, 6.45) is 4.16. The Morgan fingerprint density at radius 2 is 2.23 bits per heavy atom. The maximum absolute atomic E-state index is 11.3. The van der Waals surface area contributed by atoms with Crippen LogP contribution >= 0.6 is 0 Å². The van der Waals surface area contributed by atoms with E-state index in [2.05, 4.69) is 17.6 Å². The van der Waals surface area contributed by atoms with Crippen molar-refractivity contribution >= 4 is 5.91 Å². The molecular formula is C10H20N2O. The van der Waals surface area contributed by atoms with E-state index in [4.69, 9.17) is 0 Å². The van der Waals surface area contributed by atoms with Gasteiger partial charge in [-0.05, 0) is 45.7 Å². The second-order valence-electron chi connectivity index (χ2n) is 3.90. The molecule has 1 aliphatic rings. The first-order chi connectivity index (χ1) is 6.24. The number of carbonyl (C=O) groups excluding carboxylic acids is 1. The SMILES string of the molecule is CNCCCC(=O)NC(C)C1CC1. The number of rotatable bonds is 6. The molecule has 1 saturated carbocycles. The van der Waals surface area contributed by atoms with Crippen molar-refractivity contribution in [3.63, 3.8) is 0 Å². The molecule has 0 heterocycles. The molecule has 2 N–H and O–H groups in total. The molecule has 3 nitrogen and oxygen atoms in total. The zero-order valence-electron chi connectivity index (χ0n) is 8.60. The van der Waals surface area contributed by atoms with E-state index in [-0.39, 0.29) is 5.91 Å². The molecule has 1 rings (SSSR count). The van der Waals surface area contributed by atoms with Crippen LogP contribution in [0.3, 0.4) is 0 Å². The van der Waals surface area contributed by atoms with Crippen molar-refractivity contribution in [3.05, 3.63) is 0 Å². The highest BCUT2D eigenvalue weighted by Gasteiger charge is 2.28. The van der Waals surface area contributed by atoms with Crippen molar-refractivity contribution in [3.8, 4) is 0 Å². The highest BCUT2D eigenvalue weighted by Crippen LogP contribution is 2.32. The van der Waals surface area contributed by atoms with Gasteiger partial charge in [0.25, 0.3) is 0 Å². The molecular weight excluding hydrogens is 164 g/mol. The van der Waals surface area contributed by atoms with Crippen molar-refractivity contribution < 1.29 is 4.79 Å². The molecule has 0 bridgehead atoms. The van der Waals surface area contributed by atoms with E-state index in [1.807, 2.05) is 7.05 Å². The Labute approximate surface area is 80.3 Å². The average molecular weight is 184 g/mol. The molecule has 0 spiro atoms. The molecule has 3 heteroatoms. The molecule has 0 aliphatic heterocycles. The molecule has 0 aromatic rings. The molecule has 1 amide bonds. The van der Waals surface area contributed by atoms with Crippen molar-refractivity contribution in [2.45, 2.75) is 38.6 Å². The van der Waals surface area contributed by atoms with Crippen molar-refractivity contribution in [2.24, 2.45) is 5.92 Å². The van der Waals surface area contributed by atoms with Crippen LogP contribution in [-0.4, -0.2) is 25.5 Å². The summed E-state index contributed by atoms with van der Waals surface area (Å²) in [7, 11) is 1.91. The second kappa shape index (κ2) is 5.22. The molecule has 13 heavy (non-hydrogen) atoms. The minimum atomic E-state index is 0.203. The Bertz CT molecular complexity index is 166. The lowest BCUT2D eigenvalue weighted by Gasteiger charge is -2.12. The van der Waals surface area contributed by atoms with Crippen molar-refractivity contribution in [1.82, 2.24) is 10.6 Å². The van der Waals surface area contributed by atoms with Crippen molar-refractivity contribution in [1.29, 1.82) is 0 Å². The van der Waals surface area contributed by atoms with Crippen LogP contribution in [0, 0.1) is 5.92 Å². The highest BCUT2D eigenvalue weighted by molar-refractivity contribution is 5.76. The van der Waals surface area contributed by atoms with E-state index in [0.717, 1.165) is 18.9 Å². The fourth-order valence-electron chi connectivity index (χ4n) is 1.47. The normalized spacial score (nSPS) is 18.3. The number of hydrogen-bond donors (Lipinski definition) is 2. The zero-order chi connectivity index (χ0) is 9.68. The van der Waals surface area contributed by atoms with Crippen LogP contribution in [0.4, 0.5) is 0 Å². The first kappa shape index (κ1) is 10.5. The second-order valence-corrected chi connectivity index (χ2v) is 3.90. The van der Waals surface area contributed by atoms with Gasteiger partial charge in [0.15, 0.2) is 0 Å². The Morgan fingerprint density at radius 3 is 2.77 bits per heavy atom. The molecule has 0 saturated heterocycles. The largest absolute Gasteiger partial charge is 0.353 e. The van der Waals surface area contributed by atoms with E-state index in [1.165, 1.54) is 12.8 Å². The van der Waals surface area contributed by atoms with Gasteiger partial charge in [-0.1, -0.05) is 0 Å². The van der Waals surface area contributed by atoms with Crippen LogP contribution in [0.15, 0.2) is 0 Å². The fourth-order valence-corrected chi connectivity index (χ4v) is 1.47. The Morgan fingerprint density at radius 1 is 1.54 bits per heavy atom. The molecule has 1 aliphatic carbocycles. The summed E-state index contributed by atoms with van der Waals surface area (Å²) in [5, 5.41) is 6.07. The maximum Gasteiger partial charge on any atom is 0.220 e. The summed E-state index contributed by atoms with van der Waals surface area (Å²) < 4.78 is 0. The van der Waals surface area contributed by atoms with Gasteiger partial charge in [0.2, 0.25) is 5.91 Å². The summed E-state index contributed by atoms with van der Waals surface area (Å²) in [6, 6.07) is 0.391. The summed E-state index contributed by atoms with van der Waals surface area (Å²) in [5.74, 6) is 0.961. The van der Waals surface area contributed by atoms with Gasteiger partial charge in [-0.25, -0.2) is 0 Å². The van der Waals surface area contributed by atoms with Gasteiger partial charge in [0.05, 0.1) is 0 Å². The van der Waals surface area contributed by atoms with E-state index < -0.39 is 0 Å². The Hall–Kier alpha value is -0.570. The molecule has 1 atom stereocenters. The van der Waals surface area contributed by atoms with Gasteiger partial charge in [-0.15, -0.1) is 0 Å². The maximum atomic E-state index is 11.3. The summed E-state index contributed by atoms with van der Waals surface area (Å²) in [6.45, 7) is 3.03. The van der Waals surface area contributed by atoms with Crippen LogP contribution in [-0.2, 0) is 4.79 Å². The number of carbonyl (C=O) groups is 1. The minimum absolute atomic E-state index is 0.203. The van der Waals surface area contributed by atoms with Gasteiger partial charge < -0.3 is 10.6 Å². The van der Waals surface area contributed by atoms with Gasteiger partial charge in [0, 0.05) is 12.5 Å². The standard InChI is InChI=1S/C10H20N2O/c1-8(9-5-6-9)12-10(13)4-3-7-11-2/h8-9,11H,3-7H2,1-2H3,(H,12,13).